The van der Waals surface area contributed by atoms with Crippen molar-refractivity contribution in [3.63, 3.8) is 0 Å². The fourth-order valence-corrected chi connectivity index (χ4v) is 1.62. The van der Waals surface area contributed by atoms with Crippen molar-refractivity contribution >= 4 is 11.9 Å². The van der Waals surface area contributed by atoms with Crippen molar-refractivity contribution in [2.24, 2.45) is 11.8 Å². The summed E-state index contributed by atoms with van der Waals surface area (Å²) in [6.07, 6.45) is 1.98. The third-order valence-electron chi connectivity index (χ3n) is 2.45. The quantitative estimate of drug-likeness (QED) is 0.662. The van der Waals surface area contributed by atoms with E-state index in [-0.39, 0.29) is 24.7 Å². The number of rotatable bonds is 4. The Kier molecular flexibility index (Phi) is 2.68. The Bertz CT molecular complexity index is 177. The Hall–Kier alpha value is -1.06. The molecule has 0 amide bonds. The van der Waals surface area contributed by atoms with E-state index in [0.717, 1.165) is 12.8 Å². The predicted molar refractivity (Wildman–Crippen MR) is 40.7 cm³/mol. The molecule has 0 heterocycles. The van der Waals surface area contributed by atoms with Gasteiger partial charge < -0.3 is 10.2 Å². The van der Waals surface area contributed by atoms with Gasteiger partial charge in [-0.05, 0) is 24.7 Å². The first-order valence-electron chi connectivity index (χ1n) is 4.03. The first-order chi connectivity index (χ1) is 5.59. The molecule has 4 nitrogen and oxygen atoms in total. The lowest BCUT2D eigenvalue weighted by molar-refractivity contribution is -0.143. The maximum Gasteiger partial charge on any atom is 0.303 e. The molecule has 0 unspecified atom stereocenters. The lowest BCUT2D eigenvalue weighted by Gasteiger charge is -2.34. The lowest BCUT2D eigenvalue weighted by atomic mass is 9.70. The van der Waals surface area contributed by atoms with Crippen molar-refractivity contribution in [1.82, 2.24) is 0 Å². The first-order valence-corrected chi connectivity index (χ1v) is 4.03. The van der Waals surface area contributed by atoms with Crippen LogP contribution in [0.25, 0.3) is 0 Å². The highest BCUT2D eigenvalue weighted by atomic mass is 16.4. The molecule has 1 aliphatic rings. The van der Waals surface area contributed by atoms with E-state index in [0.29, 0.717) is 0 Å². The molecule has 12 heavy (non-hydrogen) atoms. The second-order valence-corrected chi connectivity index (χ2v) is 3.29. The van der Waals surface area contributed by atoms with E-state index in [1.165, 1.54) is 0 Å². The minimum atomic E-state index is -0.824. The average Bonchev–Trinajstić information content (AvgIpc) is 1.93. The third-order valence-corrected chi connectivity index (χ3v) is 2.45. The normalized spacial score (nSPS) is 27.7. The fraction of sp³-hybridized carbons (Fsp3) is 0.750. The highest BCUT2D eigenvalue weighted by Gasteiger charge is 2.33. The van der Waals surface area contributed by atoms with E-state index in [4.69, 9.17) is 10.2 Å². The van der Waals surface area contributed by atoms with Crippen LogP contribution in [0.3, 0.4) is 0 Å². The molecule has 0 aromatic rings. The van der Waals surface area contributed by atoms with Crippen LogP contribution >= 0.6 is 0 Å². The first kappa shape index (κ1) is 9.03. The molecule has 68 valence electrons. The SMILES string of the molecule is O=C(O)C[C@@H]1CC[C@H]1CC(=O)O. The third kappa shape index (κ3) is 2.22. The molecule has 0 radical (unpaired) electrons. The molecular formula is C8H12O4. The largest absolute Gasteiger partial charge is 0.481 e. The monoisotopic (exact) mass is 172 g/mol. The standard InChI is InChI=1S/C8H12O4/c9-7(10)3-5-1-2-6(5)4-8(11)12/h5-6H,1-4H2,(H,9,10)(H,11,12)/t5-,6-/m0/s1. The predicted octanol–water partition coefficient (Wildman–Crippen LogP) is 0.962. The molecule has 1 fully saturated rings. The Labute approximate surface area is 70.2 Å². The highest BCUT2D eigenvalue weighted by molar-refractivity contribution is 5.69. The van der Waals surface area contributed by atoms with E-state index < -0.39 is 11.9 Å². The Balaban J connectivity index is 2.29. The number of aliphatic carboxylic acids is 2. The maximum atomic E-state index is 10.3. The molecule has 4 heteroatoms. The fourth-order valence-electron chi connectivity index (χ4n) is 1.62. The Morgan fingerprint density at radius 1 is 1.00 bits per heavy atom. The van der Waals surface area contributed by atoms with Crippen LogP contribution in [0.5, 0.6) is 0 Å². The van der Waals surface area contributed by atoms with Crippen LogP contribution in [0.4, 0.5) is 0 Å². The van der Waals surface area contributed by atoms with Crippen molar-refractivity contribution in [2.45, 2.75) is 25.7 Å². The molecule has 2 N–H and O–H groups in total. The molecule has 0 aromatic carbocycles. The summed E-state index contributed by atoms with van der Waals surface area (Å²) in [6, 6.07) is 0. The summed E-state index contributed by atoms with van der Waals surface area (Å²) in [7, 11) is 0. The van der Waals surface area contributed by atoms with E-state index in [2.05, 4.69) is 0 Å². The summed E-state index contributed by atoms with van der Waals surface area (Å²) < 4.78 is 0. The van der Waals surface area contributed by atoms with E-state index in [1.807, 2.05) is 0 Å². The second-order valence-electron chi connectivity index (χ2n) is 3.29. The molecular weight excluding hydrogens is 160 g/mol. The Morgan fingerprint density at radius 3 is 1.50 bits per heavy atom. The Morgan fingerprint density at radius 2 is 1.33 bits per heavy atom. The number of carboxylic acid groups (broad SMARTS) is 2. The van der Waals surface area contributed by atoms with Crippen LogP contribution in [0.1, 0.15) is 25.7 Å². The van der Waals surface area contributed by atoms with Gasteiger partial charge in [0.15, 0.2) is 0 Å². The number of carboxylic acids is 2. The van der Waals surface area contributed by atoms with Gasteiger partial charge in [0.2, 0.25) is 0 Å². The molecule has 0 aliphatic heterocycles. The minimum absolute atomic E-state index is 0.0959. The van der Waals surface area contributed by atoms with Crippen LogP contribution in [-0.4, -0.2) is 22.2 Å². The van der Waals surface area contributed by atoms with Crippen LogP contribution in [-0.2, 0) is 9.59 Å². The zero-order valence-corrected chi connectivity index (χ0v) is 6.69. The van der Waals surface area contributed by atoms with Crippen molar-refractivity contribution in [3.8, 4) is 0 Å². The van der Waals surface area contributed by atoms with Gasteiger partial charge in [0, 0.05) is 12.8 Å². The maximum absolute atomic E-state index is 10.3. The zero-order valence-electron chi connectivity index (χ0n) is 6.69. The summed E-state index contributed by atoms with van der Waals surface area (Å²) in [5.41, 5.74) is 0. The van der Waals surface area contributed by atoms with Crippen molar-refractivity contribution in [2.75, 3.05) is 0 Å². The topological polar surface area (TPSA) is 74.6 Å². The van der Waals surface area contributed by atoms with Gasteiger partial charge in [-0.1, -0.05) is 0 Å². The summed E-state index contributed by atoms with van der Waals surface area (Å²) in [5, 5.41) is 16.9. The van der Waals surface area contributed by atoms with Gasteiger partial charge >= 0.3 is 11.9 Å². The molecule has 1 rings (SSSR count). The van der Waals surface area contributed by atoms with Crippen LogP contribution < -0.4 is 0 Å². The molecule has 0 bridgehead atoms. The van der Waals surface area contributed by atoms with Gasteiger partial charge in [-0.2, -0.15) is 0 Å². The van der Waals surface area contributed by atoms with E-state index in [9.17, 15) is 9.59 Å². The van der Waals surface area contributed by atoms with E-state index in [1.54, 1.807) is 0 Å². The van der Waals surface area contributed by atoms with Crippen LogP contribution in [0.2, 0.25) is 0 Å². The van der Waals surface area contributed by atoms with Gasteiger partial charge in [-0.3, -0.25) is 9.59 Å². The highest BCUT2D eigenvalue weighted by Crippen LogP contribution is 2.38. The summed E-state index contributed by atoms with van der Waals surface area (Å²) in [4.78, 5) is 20.6. The minimum Gasteiger partial charge on any atom is -0.481 e. The van der Waals surface area contributed by atoms with Gasteiger partial charge in [0.1, 0.15) is 0 Å². The van der Waals surface area contributed by atoms with Gasteiger partial charge in [-0.25, -0.2) is 0 Å². The molecule has 0 spiro atoms. The van der Waals surface area contributed by atoms with Crippen molar-refractivity contribution < 1.29 is 19.8 Å². The van der Waals surface area contributed by atoms with Crippen molar-refractivity contribution in [1.29, 1.82) is 0 Å². The zero-order chi connectivity index (χ0) is 9.14. The van der Waals surface area contributed by atoms with Gasteiger partial charge in [0.05, 0.1) is 0 Å². The van der Waals surface area contributed by atoms with Gasteiger partial charge in [0.25, 0.3) is 0 Å². The van der Waals surface area contributed by atoms with Crippen LogP contribution in [0, 0.1) is 11.8 Å². The molecule has 0 aromatic heterocycles. The summed E-state index contributed by atoms with van der Waals surface area (Å²) in [6.45, 7) is 0. The number of carbonyl (C=O) groups is 2. The molecule has 2 atom stereocenters. The van der Waals surface area contributed by atoms with Crippen LogP contribution in [0.15, 0.2) is 0 Å². The molecule has 0 saturated heterocycles. The van der Waals surface area contributed by atoms with E-state index >= 15 is 0 Å². The summed E-state index contributed by atoms with van der Waals surface area (Å²) >= 11 is 0. The molecule has 1 saturated carbocycles. The van der Waals surface area contributed by atoms with Gasteiger partial charge in [-0.15, -0.1) is 0 Å². The summed E-state index contributed by atoms with van der Waals surface area (Å²) in [5.74, 6) is -1.46. The second kappa shape index (κ2) is 3.56. The smallest absolute Gasteiger partial charge is 0.303 e. The number of hydrogen-bond acceptors (Lipinski definition) is 2. The molecule has 1 aliphatic carbocycles. The number of hydrogen-bond donors (Lipinski definition) is 2. The lowest BCUT2D eigenvalue weighted by Crippen LogP contribution is -2.29. The van der Waals surface area contributed by atoms with Crippen molar-refractivity contribution in [3.05, 3.63) is 0 Å². The average molecular weight is 172 g/mol.